The van der Waals surface area contributed by atoms with Gasteiger partial charge in [0.1, 0.15) is 22.6 Å². The summed E-state index contributed by atoms with van der Waals surface area (Å²) in [4.78, 5) is 46.0. The average Bonchev–Trinajstić information content (AvgIpc) is 3.52. The van der Waals surface area contributed by atoms with Crippen molar-refractivity contribution in [3.63, 3.8) is 0 Å². The molecule has 2 atom stereocenters. The Morgan fingerprint density at radius 1 is 1.00 bits per heavy atom. The molecule has 4 aromatic rings. The molecule has 1 aliphatic rings. The summed E-state index contributed by atoms with van der Waals surface area (Å²) in [6, 6.07) is 23.6. The Bertz CT molecular complexity index is 2000. The number of benzene rings is 3. The number of hydrogen-bond acceptors (Lipinski definition) is 13. The van der Waals surface area contributed by atoms with E-state index in [2.05, 4.69) is 4.98 Å². The number of esters is 1. The van der Waals surface area contributed by atoms with E-state index < -0.39 is 56.0 Å². The van der Waals surface area contributed by atoms with Crippen LogP contribution in [0.3, 0.4) is 0 Å². The first-order chi connectivity index (χ1) is 24.1. The zero-order valence-corrected chi connectivity index (χ0v) is 32.5. The van der Waals surface area contributed by atoms with Gasteiger partial charge in [-0.2, -0.15) is 8.42 Å². The maximum atomic E-state index is 13.8. The van der Waals surface area contributed by atoms with Gasteiger partial charge in [0, 0.05) is 11.4 Å². The molecule has 0 N–H and O–H groups in total. The number of carbonyl (C=O) groups is 3. The molecule has 0 radical (unpaired) electrons. The number of hydrogen-bond donors (Lipinski definition) is 0. The third-order valence-electron chi connectivity index (χ3n) is 7.02. The lowest BCUT2D eigenvalue weighted by atomic mass is 10.0. The van der Waals surface area contributed by atoms with Gasteiger partial charge >= 0.3 is 22.2 Å². The fraction of sp³-hybridized carbons (Fsp3) is 0.273. The van der Waals surface area contributed by atoms with E-state index in [1.807, 2.05) is 30.3 Å². The molecule has 1 fully saturated rings. The van der Waals surface area contributed by atoms with E-state index in [1.54, 1.807) is 55.5 Å². The molecule has 0 saturated carbocycles. The molecule has 0 aliphatic carbocycles. The smallest absolute Gasteiger partial charge is 0.448 e. The van der Waals surface area contributed by atoms with Crippen molar-refractivity contribution in [2.24, 2.45) is 0 Å². The summed E-state index contributed by atoms with van der Waals surface area (Å²) in [5.41, 5.74) is 1.69. The van der Waals surface area contributed by atoms with E-state index in [1.165, 1.54) is 39.8 Å². The Kier molecular flexibility index (Phi) is 12.7. The van der Waals surface area contributed by atoms with Crippen LogP contribution in [-0.4, -0.2) is 64.8 Å². The van der Waals surface area contributed by atoms with Crippen molar-refractivity contribution < 1.29 is 41.2 Å². The third kappa shape index (κ3) is 10.5. The van der Waals surface area contributed by atoms with Crippen LogP contribution in [0, 0.1) is 0 Å². The number of rotatable bonds is 13. The molecule has 51 heavy (non-hydrogen) atoms. The van der Waals surface area contributed by atoms with Crippen LogP contribution in [0.5, 0.6) is 0 Å². The van der Waals surface area contributed by atoms with E-state index >= 15 is 0 Å². The normalized spacial score (nSPS) is 15.9. The average molecular weight is 832 g/mol. The van der Waals surface area contributed by atoms with Crippen molar-refractivity contribution in [1.82, 2.24) is 9.88 Å². The zero-order valence-electron chi connectivity index (χ0n) is 27.0. The number of aromatic nitrogens is 1. The predicted octanol–water partition coefficient (Wildman–Crippen LogP) is 8.37. The molecule has 0 bridgehead atoms. The predicted molar refractivity (Wildman–Crippen MR) is 199 cm³/mol. The summed E-state index contributed by atoms with van der Waals surface area (Å²) < 4.78 is 44.3. The van der Waals surface area contributed by atoms with Gasteiger partial charge in [-0.1, -0.05) is 123 Å². The first kappa shape index (κ1) is 39.0. The van der Waals surface area contributed by atoms with Crippen LogP contribution in [0.4, 0.5) is 4.79 Å². The molecule has 1 amide bonds. The minimum atomic E-state index is -4.04. The molecular weight excluding hydrogens is 803 g/mol. The zero-order chi connectivity index (χ0) is 36.9. The van der Waals surface area contributed by atoms with Gasteiger partial charge in [-0.3, -0.25) is 4.79 Å². The van der Waals surface area contributed by atoms with Crippen molar-refractivity contribution in [3.8, 4) is 0 Å². The van der Waals surface area contributed by atoms with Crippen LogP contribution in [0.1, 0.15) is 42.2 Å². The van der Waals surface area contributed by atoms with Gasteiger partial charge in [0.15, 0.2) is 17.9 Å². The fourth-order valence-corrected chi connectivity index (χ4v) is 9.02. The first-order valence-corrected chi connectivity index (χ1v) is 20.9. The summed E-state index contributed by atoms with van der Waals surface area (Å²) in [7, 11) is -1.47. The summed E-state index contributed by atoms with van der Waals surface area (Å²) >= 11 is 18.2. The summed E-state index contributed by atoms with van der Waals surface area (Å²) in [6.07, 6.45) is -1.78. The van der Waals surface area contributed by atoms with Gasteiger partial charge in [0.2, 0.25) is 9.70 Å². The molecule has 1 aromatic heterocycles. The maximum Gasteiger partial charge on any atom is 0.509 e. The van der Waals surface area contributed by atoms with Crippen molar-refractivity contribution >= 4 is 106 Å². The van der Waals surface area contributed by atoms with Gasteiger partial charge in [-0.05, 0) is 37.1 Å². The molecule has 1 aliphatic heterocycles. The quantitative estimate of drug-likeness (QED) is 0.0243. The second-order valence-electron chi connectivity index (χ2n) is 11.0. The standard InChI is InChI=1S/C33H29Cl3N2O9S4/c1-19(47-51(3,42)43)27(31(40)46-28(21-11-6-4-7-12-21)22-13-8-5-9-14-22)38-17-25(30(38)39)50-49-24-16-10-15-23-26(24)37-29(48-23)20(2)45-32(41)44-18-33(34,35)36/h4-16,20,25,28H,17-18H2,1-3H3/b27-19-/t20-,25+/m1/s1. The number of carbonyl (C=O) groups excluding carboxylic acids is 3. The Hall–Kier alpha value is -3.18. The molecule has 3 aromatic carbocycles. The number of amides is 1. The van der Waals surface area contributed by atoms with E-state index in [-0.39, 0.29) is 18.0 Å². The Morgan fingerprint density at radius 2 is 1.63 bits per heavy atom. The van der Waals surface area contributed by atoms with Crippen molar-refractivity contribution in [1.29, 1.82) is 0 Å². The largest absolute Gasteiger partial charge is 0.509 e. The molecule has 11 nitrogen and oxygen atoms in total. The lowest BCUT2D eigenvalue weighted by Gasteiger charge is -2.38. The highest BCUT2D eigenvalue weighted by Crippen LogP contribution is 2.44. The topological polar surface area (TPSA) is 138 Å². The lowest BCUT2D eigenvalue weighted by molar-refractivity contribution is -0.150. The summed E-state index contributed by atoms with van der Waals surface area (Å²) in [6.45, 7) is 2.52. The number of allylic oxidation sites excluding steroid dienone is 1. The SMILES string of the molecule is C/C(OS(C)(=O)=O)=C(\C(=O)OC(c1ccccc1)c1ccccc1)N1C[C@H](SSc2cccc3sc([C@@H](C)OC(=O)OCC(Cl)(Cl)Cl)nc23)C1=O. The maximum absolute atomic E-state index is 13.8. The molecule has 1 saturated heterocycles. The van der Waals surface area contributed by atoms with Gasteiger partial charge in [-0.15, -0.1) is 11.3 Å². The second kappa shape index (κ2) is 16.7. The monoisotopic (exact) mass is 830 g/mol. The summed E-state index contributed by atoms with van der Waals surface area (Å²) in [5, 5.41) is -0.0927. The number of ether oxygens (including phenoxy) is 3. The number of β-lactam (4-membered cyclic amide) rings is 1. The van der Waals surface area contributed by atoms with Crippen LogP contribution >= 0.6 is 67.7 Å². The molecular formula is C33H29Cl3N2O9S4. The van der Waals surface area contributed by atoms with E-state index in [9.17, 15) is 22.8 Å². The number of halogens is 3. The minimum absolute atomic E-state index is 0.0756. The van der Waals surface area contributed by atoms with Gasteiger partial charge in [0.25, 0.3) is 0 Å². The van der Waals surface area contributed by atoms with Gasteiger partial charge in [-0.25, -0.2) is 14.6 Å². The third-order valence-corrected chi connectivity index (χ3v) is 11.8. The van der Waals surface area contributed by atoms with Crippen molar-refractivity contribution in [2.75, 3.05) is 19.4 Å². The Labute approximate surface area is 321 Å². The van der Waals surface area contributed by atoms with Crippen LogP contribution in [0.15, 0.2) is 95.2 Å². The fourth-order valence-electron chi connectivity index (χ4n) is 4.79. The number of alkyl halides is 3. The van der Waals surface area contributed by atoms with Gasteiger partial charge in [0.05, 0.1) is 16.5 Å². The molecule has 2 heterocycles. The van der Waals surface area contributed by atoms with E-state index in [0.29, 0.717) is 21.7 Å². The molecule has 5 rings (SSSR count). The second-order valence-corrected chi connectivity index (χ2v) is 18.6. The number of nitrogens with zero attached hydrogens (tertiary/aromatic N) is 2. The van der Waals surface area contributed by atoms with E-state index in [0.717, 1.165) is 20.8 Å². The van der Waals surface area contributed by atoms with Crippen LogP contribution in [0.2, 0.25) is 0 Å². The highest BCUT2D eigenvalue weighted by Gasteiger charge is 2.44. The van der Waals surface area contributed by atoms with Crippen molar-refractivity contribution in [3.05, 3.63) is 106 Å². The van der Waals surface area contributed by atoms with Gasteiger partial charge < -0.3 is 23.3 Å². The highest BCUT2D eigenvalue weighted by atomic mass is 35.6. The summed E-state index contributed by atoms with van der Waals surface area (Å²) in [5.74, 6) is -1.65. The molecule has 0 unspecified atom stereocenters. The Balaban J connectivity index is 1.29. The Morgan fingerprint density at radius 3 is 2.20 bits per heavy atom. The van der Waals surface area contributed by atoms with Crippen molar-refractivity contribution in [2.45, 2.75) is 40.0 Å². The number of likely N-dealkylation sites (tertiary alicyclic amines) is 1. The number of para-hydroxylation sites is 1. The number of thiazole rings is 1. The minimum Gasteiger partial charge on any atom is -0.448 e. The molecule has 0 spiro atoms. The number of fused-ring (bicyclic) bond motifs is 1. The van der Waals surface area contributed by atoms with Crippen LogP contribution in [-0.2, 0) is 38.1 Å². The molecule has 18 heteroatoms. The van der Waals surface area contributed by atoms with E-state index in [4.69, 9.17) is 53.2 Å². The first-order valence-electron chi connectivity index (χ1n) is 14.9. The van der Waals surface area contributed by atoms with Crippen LogP contribution in [0.25, 0.3) is 10.2 Å². The highest BCUT2D eigenvalue weighted by molar-refractivity contribution is 8.77. The van der Waals surface area contributed by atoms with Crippen LogP contribution < -0.4 is 0 Å². The lowest BCUT2D eigenvalue weighted by Crippen LogP contribution is -2.55. The molecule has 270 valence electrons.